The molecule has 1 fully saturated rings. The second-order valence-electron chi connectivity index (χ2n) is 4.44. The van der Waals surface area contributed by atoms with Crippen LogP contribution in [-0.4, -0.2) is 60.9 Å². The number of thioether (sulfide) groups is 1. The van der Waals surface area contributed by atoms with Gasteiger partial charge in [0, 0.05) is 32.4 Å². The molecular weight excluding hydrogens is 300 g/mol. The third-order valence-electron chi connectivity index (χ3n) is 3.03. The van der Waals surface area contributed by atoms with Gasteiger partial charge in [0.2, 0.25) is 0 Å². The summed E-state index contributed by atoms with van der Waals surface area (Å²) in [6.07, 6.45) is 1.40. The number of pyridine rings is 1. The van der Waals surface area contributed by atoms with E-state index < -0.39 is 5.76 Å². The van der Waals surface area contributed by atoms with Crippen LogP contribution in [0.5, 0.6) is 0 Å². The minimum absolute atomic E-state index is 0.0522. The molecule has 0 atom stereocenters. The fraction of sp³-hybridized carbons (Fsp3) is 0.538. The summed E-state index contributed by atoms with van der Waals surface area (Å²) in [5.41, 5.74) is 0.185. The molecule has 116 valence electrons. The maximum absolute atomic E-state index is 12.4. The van der Waals surface area contributed by atoms with Crippen molar-refractivity contribution >= 4 is 17.7 Å². The number of nitrogens with zero attached hydrogens (tertiary/aromatic N) is 2. The largest absolute Gasteiger partial charge is 0.379 e. The number of hydrogen-bond donors (Lipinski definition) is 1. The van der Waals surface area contributed by atoms with Gasteiger partial charge in [-0.05, 0) is 23.9 Å². The second-order valence-corrected chi connectivity index (χ2v) is 5.42. The number of halogens is 2. The van der Waals surface area contributed by atoms with E-state index in [4.69, 9.17) is 4.74 Å². The average Bonchev–Trinajstić information content (AvgIpc) is 2.48. The third-order valence-corrected chi connectivity index (χ3v) is 3.76. The van der Waals surface area contributed by atoms with Crippen molar-refractivity contribution in [1.82, 2.24) is 15.2 Å². The maximum atomic E-state index is 12.4. The molecule has 1 saturated heterocycles. The van der Waals surface area contributed by atoms with Crippen LogP contribution in [0.4, 0.5) is 8.78 Å². The molecule has 8 heteroatoms. The van der Waals surface area contributed by atoms with Crippen LogP contribution < -0.4 is 5.32 Å². The Balaban J connectivity index is 1.85. The van der Waals surface area contributed by atoms with E-state index in [1.807, 2.05) is 0 Å². The van der Waals surface area contributed by atoms with E-state index in [1.54, 1.807) is 6.07 Å². The zero-order valence-electron chi connectivity index (χ0n) is 11.4. The molecule has 1 aromatic heterocycles. The first kappa shape index (κ1) is 16.1. The Bertz CT molecular complexity index is 470. The lowest BCUT2D eigenvalue weighted by molar-refractivity contribution is 0.0383. The molecule has 0 saturated carbocycles. The molecule has 2 heterocycles. The van der Waals surface area contributed by atoms with Crippen LogP contribution in [0.3, 0.4) is 0 Å². The van der Waals surface area contributed by atoms with Crippen molar-refractivity contribution in [2.75, 3.05) is 39.4 Å². The first-order chi connectivity index (χ1) is 10.2. The lowest BCUT2D eigenvalue weighted by atomic mass is 10.2. The van der Waals surface area contributed by atoms with Gasteiger partial charge in [0.05, 0.1) is 18.8 Å². The van der Waals surface area contributed by atoms with Crippen LogP contribution in [0.2, 0.25) is 0 Å². The second kappa shape index (κ2) is 8.26. The number of rotatable bonds is 6. The van der Waals surface area contributed by atoms with Crippen molar-refractivity contribution in [3.05, 3.63) is 23.9 Å². The molecule has 1 aliphatic rings. The maximum Gasteiger partial charge on any atom is 0.290 e. The average molecular weight is 317 g/mol. The van der Waals surface area contributed by atoms with Gasteiger partial charge in [0.1, 0.15) is 5.03 Å². The van der Waals surface area contributed by atoms with E-state index >= 15 is 0 Å². The zero-order chi connectivity index (χ0) is 15.1. The van der Waals surface area contributed by atoms with Crippen molar-refractivity contribution in [3.63, 3.8) is 0 Å². The number of amides is 1. The fourth-order valence-electron chi connectivity index (χ4n) is 1.99. The van der Waals surface area contributed by atoms with Crippen LogP contribution >= 0.6 is 11.8 Å². The van der Waals surface area contributed by atoms with Gasteiger partial charge >= 0.3 is 0 Å². The predicted molar refractivity (Wildman–Crippen MR) is 75.7 cm³/mol. The molecule has 5 nitrogen and oxygen atoms in total. The van der Waals surface area contributed by atoms with E-state index in [2.05, 4.69) is 15.2 Å². The fourth-order valence-corrected chi connectivity index (χ4v) is 2.57. The highest BCUT2D eigenvalue weighted by Gasteiger charge is 2.17. The number of alkyl halides is 2. The zero-order valence-corrected chi connectivity index (χ0v) is 12.2. The van der Waals surface area contributed by atoms with Gasteiger partial charge in [-0.2, -0.15) is 8.78 Å². The molecular formula is C13H17F2N3O2S. The van der Waals surface area contributed by atoms with Crippen LogP contribution in [0, 0.1) is 0 Å². The number of morpholine rings is 1. The van der Waals surface area contributed by atoms with Crippen molar-refractivity contribution < 1.29 is 18.3 Å². The van der Waals surface area contributed by atoms with Crippen LogP contribution in [-0.2, 0) is 4.74 Å². The van der Waals surface area contributed by atoms with Crippen molar-refractivity contribution in [2.45, 2.75) is 10.8 Å². The summed E-state index contributed by atoms with van der Waals surface area (Å²) in [7, 11) is 0. The first-order valence-corrected chi connectivity index (χ1v) is 7.53. The Morgan fingerprint density at radius 3 is 2.95 bits per heavy atom. The minimum atomic E-state index is -2.60. The summed E-state index contributed by atoms with van der Waals surface area (Å²) in [6, 6.07) is 3.06. The molecule has 21 heavy (non-hydrogen) atoms. The van der Waals surface area contributed by atoms with Gasteiger partial charge < -0.3 is 10.1 Å². The van der Waals surface area contributed by atoms with Gasteiger partial charge in [0.15, 0.2) is 0 Å². The summed E-state index contributed by atoms with van der Waals surface area (Å²) >= 11 is 0.283. The van der Waals surface area contributed by atoms with Crippen LogP contribution in [0.25, 0.3) is 0 Å². The monoisotopic (exact) mass is 317 g/mol. The first-order valence-electron chi connectivity index (χ1n) is 6.65. The number of ether oxygens (including phenoxy) is 1. The Hall–Kier alpha value is -1.25. The van der Waals surface area contributed by atoms with Crippen LogP contribution in [0.1, 0.15) is 10.4 Å². The Morgan fingerprint density at radius 2 is 2.24 bits per heavy atom. The SMILES string of the molecule is O=C(NCCN1CCOCC1)c1cccnc1SC(F)F. The predicted octanol–water partition coefficient (Wildman–Crippen LogP) is 1.46. The van der Waals surface area contributed by atoms with Crippen LogP contribution in [0.15, 0.2) is 23.4 Å². The Morgan fingerprint density at radius 1 is 1.48 bits per heavy atom. The molecule has 0 spiro atoms. The summed E-state index contributed by atoms with van der Waals surface area (Å²) < 4.78 is 30.1. The molecule has 0 bridgehead atoms. The molecule has 2 rings (SSSR count). The Labute approximate surface area is 126 Å². The van der Waals surface area contributed by atoms with Gasteiger partial charge in [-0.3, -0.25) is 9.69 Å². The number of carbonyl (C=O) groups excluding carboxylic acids is 1. The quantitative estimate of drug-likeness (QED) is 0.805. The smallest absolute Gasteiger partial charge is 0.290 e. The highest BCUT2D eigenvalue weighted by molar-refractivity contribution is 7.99. The molecule has 1 amide bonds. The molecule has 0 aromatic carbocycles. The molecule has 0 aliphatic carbocycles. The van der Waals surface area contributed by atoms with Gasteiger partial charge in [-0.1, -0.05) is 0 Å². The topological polar surface area (TPSA) is 54.5 Å². The molecule has 0 radical (unpaired) electrons. The lowest BCUT2D eigenvalue weighted by Gasteiger charge is -2.26. The molecule has 0 unspecified atom stereocenters. The van der Waals surface area contributed by atoms with E-state index in [9.17, 15) is 13.6 Å². The molecule has 1 aliphatic heterocycles. The van der Waals surface area contributed by atoms with Crippen molar-refractivity contribution in [2.24, 2.45) is 0 Å². The number of aromatic nitrogens is 1. The van der Waals surface area contributed by atoms with Crippen molar-refractivity contribution in [3.8, 4) is 0 Å². The normalized spacial score (nSPS) is 16.1. The summed E-state index contributed by atoms with van der Waals surface area (Å²) in [5, 5.41) is 2.79. The van der Waals surface area contributed by atoms with E-state index in [-0.39, 0.29) is 28.3 Å². The van der Waals surface area contributed by atoms with E-state index in [0.717, 1.165) is 13.1 Å². The minimum Gasteiger partial charge on any atom is -0.379 e. The van der Waals surface area contributed by atoms with E-state index in [0.29, 0.717) is 26.3 Å². The standard InChI is InChI=1S/C13H17F2N3O2S/c14-13(15)21-12-10(2-1-3-17-12)11(19)16-4-5-18-6-8-20-9-7-18/h1-3,13H,4-9H2,(H,16,19). The van der Waals surface area contributed by atoms with Gasteiger partial charge in [0.25, 0.3) is 11.7 Å². The van der Waals surface area contributed by atoms with Gasteiger partial charge in [-0.15, -0.1) is 0 Å². The van der Waals surface area contributed by atoms with E-state index in [1.165, 1.54) is 12.3 Å². The lowest BCUT2D eigenvalue weighted by Crippen LogP contribution is -2.41. The van der Waals surface area contributed by atoms with Crippen molar-refractivity contribution in [1.29, 1.82) is 0 Å². The highest BCUT2D eigenvalue weighted by Crippen LogP contribution is 2.26. The van der Waals surface area contributed by atoms with Gasteiger partial charge in [-0.25, -0.2) is 4.98 Å². The third kappa shape index (κ3) is 5.22. The molecule has 1 aromatic rings. The Kier molecular flexibility index (Phi) is 6.34. The number of carbonyl (C=O) groups is 1. The highest BCUT2D eigenvalue weighted by atomic mass is 32.2. The summed E-state index contributed by atoms with van der Waals surface area (Å²) in [6.45, 7) is 4.27. The number of hydrogen-bond acceptors (Lipinski definition) is 5. The number of nitrogens with one attached hydrogen (secondary N) is 1. The molecule has 1 N–H and O–H groups in total. The summed E-state index contributed by atoms with van der Waals surface area (Å²) in [4.78, 5) is 18.1. The summed E-state index contributed by atoms with van der Waals surface area (Å²) in [5.74, 6) is -2.97.